The third kappa shape index (κ3) is 3.26. The molecule has 1 unspecified atom stereocenters. The quantitative estimate of drug-likeness (QED) is 0.831. The molecule has 1 amide bonds. The first-order valence-corrected chi connectivity index (χ1v) is 7.21. The van der Waals surface area contributed by atoms with Crippen LogP contribution in [0.1, 0.15) is 48.9 Å². The highest BCUT2D eigenvalue weighted by atomic mass is 35.5. The largest absolute Gasteiger partial charge is 0.350 e. The van der Waals surface area contributed by atoms with Crippen LogP contribution < -0.4 is 5.32 Å². The molecule has 0 saturated heterocycles. The molecule has 1 atom stereocenters. The summed E-state index contributed by atoms with van der Waals surface area (Å²) in [5, 5.41) is 2.98. The maximum Gasteiger partial charge on any atom is 0.221 e. The lowest BCUT2D eigenvalue weighted by Crippen LogP contribution is -2.26. The molecule has 0 heterocycles. The van der Waals surface area contributed by atoms with E-state index in [4.69, 9.17) is 11.6 Å². The van der Waals surface area contributed by atoms with Crippen molar-refractivity contribution in [2.75, 3.05) is 5.88 Å². The molecule has 3 heteroatoms. The lowest BCUT2D eigenvalue weighted by molar-refractivity contribution is -0.121. The highest BCUT2D eigenvalue weighted by Gasteiger charge is 2.13. The Kier molecular flexibility index (Phi) is 4.65. The van der Waals surface area contributed by atoms with Gasteiger partial charge in [-0.25, -0.2) is 0 Å². The topological polar surface area (TPSA) is 29.1 Å². The summed E-state index contributed by atoms with van der Waals surface area (Å²) < 4.78 is 0. The zero-order chi connectivity index (χ0) is 13.0. The van der Waals surface area contributed by atoms with Crippen LogP contribution in [0.3, 0.4) is 0 Å². The number of carbonyl (C=O) groups is 1. The van der Waals surface area contributed by atoms with E-state index in [9.17, 15) is 4.79 Å². The van der Waals surface area contributed by atoms with Crippen molar-refractivity contribution in [1.29, 1.82) is 0 Å². The maximum atomic E-state index is 11.5. The van der Waals surface area contributed by atoms with Gasteiger partial charge in [-0.2, -0.15) is 0 Å². The van der Waals surface area contributed by atoms with Crippen molar-refractivity contribution in [2.24, 2.45) is 0 Å². The third-order valence-corrected chi connectivity index (χ3v) is 3.76. The Hall–Kier alpha value is -1.02. The Balaban J connectivity index is 2.06. The Labute approximate surface area is 114 Å². The molecule has 2 nitrogen and oxygen atoms in total. The highest BCUT2D eigenvalue weighted by Crippen LogP contribution is 2.24. The second-order valence-corrected chi connectivity index (χ2v) is 5.34. The van der Waals surface area contributed by atoms with Crippen LogP contribution in [0, 0.1) is 0 Å². The standard InChI is InChI=1S/C15H20ClNO/c1-11(17-15(18)8-9-16)13-7-6-12-4-2-3-5-14(12)10-13/h6-7,10-11H,2-5,8-9H2,1H3,(H,17,18). The van der Waals surface area contributed by atoms with E-state index in [2.05, 4.69) is 23.5 Å². The number of aryl methyl sites for hydroxylation is 2. The molecule has 1 aliphatic carbocycles. The van der Waals surface area contributed by atoms with Crippen molar-refractivity contribution >= 4 is 17.5 Å². The molecule has 0 aromatic heterocycles. The van der Waals surface area contributed by atoms with Crippen molar-refractivity contribution < 1.29 is 4.79 Å². The average Bonchev–Trinajstić information content (AvgIpc) is 2.38. The number of halogens is 1. The number of amides is 1. The number of carbonyl (C=O) groups excluding carboxylic acids is 1. The summed E-state index contributed by atoms with van der Waals surface area (Å²) in [6, 6.07) is 6.66. The second kappa shape index (κ2) is 6.24. The predicted molar refractivity (Wildman–Crippen MR) is 75.0 cm³/mol. The van der Waals surface area contributed by atoms with Gasteiger partial charge in [0.1, 0.15) is 0 Å². The minimum Gasteiger partial charge on any atom is -0.350 e. The van der Waals surface area contributed by atoms with E-state index in [0.29, 0.717) is 12.3 Å². The van der Waals surface area contributed by atoms with Gasteiger partial charge in [0.2, 0.25) is 5.91 Å². The summed E-state index contributed by atoms with van der Waals surface area (Å²) in [6.07, 6.45) is 5.34. The van der Waals surface area contributed by atoms with E-state index in [1.54, 1.807) is 0 Å². The average molecular weight is 266 g/mol. The molecule has 2 rings (SSSR count). The molecule has 0 spiro atoms. The Morgan fingerprint density at radius 1 is 1.33 bits per heavy atom. The summed E-state index contributed by atoms with van der Waals surface area (Å²) in [5.41, 5.74) is 4.13. The number of rotatable bonds is 4. The zero-order valence-corrected chi connectivity index (χ0v) is 11.6. The Morgan fingerprint density at radius 2 is 2.06 bits per heavy atom. The fraction of sp³-hybridized carbons (Fsp3) is 0.533. The van der Waals surface area contributed by atoms with Gasteiger partial charge in [-0.3, -0.25) is 4.79 Å². The number of hydrogen-bond donors (Lipinski definition) is 1. The molecule has 98 valence electrons. The number of nitrogens with one attached hydrogen (secondary N) is 1. The zero-order valence-electron chi connectivity index (χ0n) is 10.8. The van der Waals surface area contributed by atoms with Gasteiger partial charge in [-0.15, -0.1) is 11.6 Å². The maximum absolute atomic E-state index is 11.5. The summed E-state index contributed by atoms with van der Waals surface area (Å²) in [4.78, 5) is 11.5. The van der Waals surface area contributed by atoms with Crippen LogP contribution in [0.25, 0.3) is 0 Å². The molecule has 1 aromatic rings. The van der Waals surface area contributed by atoms with Crippen molar-refractivity contribution in [3.63, 3.8) is 0 Å². The molecular weight excluding hydrogens is 246 g/mol. The van der Waals surface area contributed by atoms with Crippen LogP contribution in [-0.2, 0) is 17.6 Å². The predicted octanol–water partition coefficient (Wildman–Crippen LogP) is 3.37. The van der Waals surface area contributed by atoms with Gasteiger partial charge >= 0.3 is 0 Å². The Morgan fingerprint density at radius 3 is 2.78 bits per heavy atom. The molecule has 1 N–H and O–H groups in total. The van der Waals surface area contributed by atoms with Gasteiger partial charge in [0.15, 0.2) is 0 Å². The summed E-state index contributed by atoms with van der Waals surface area (Å²) in [6.45, 7) is 2.02. The van der Waals surface area contributed by atoms with Crippen molar-refractivity contribution in [3.8, 4) is 0 Å². The molecule has 0 saturated carbocycles. The first-order valence-electron chi connectivity index (χ1n) is 6.67. The van der Waals surface area contributed by atoms with Crippen LogP contribution in [0.2, 0.25) is 0 Å². The van der Waals surface area contributed by atoms with Gasteiger partial charge in [0.25, 0.3) is 0 Å². The van der Waals surface area contributed by atoms with E-state index in [1.807, 2.05) is 6.92 Å². The van der Waals surface area contributed by atoms with Crippen molar-refractivity contribution in [3.05, 3.63) is 34.9 Å². The van der Waals surface area contributed by atoms with Gasteiger partial charge in [0, 0.05) is 12.3 Å². The number of fused-ring (bicyclic) bond motifs is 1. The van der Waals surface area contributed by atoms with E-state index >= 15 is 0 Å². The van der Waals surface area contributed by atoms with Gasteiger partial charge < -0.3 is 5.32 Å². The second-order valence-electron chi connectivity index (χ2n) is 4.96. The normalized spacial score (nSPS) is 15.9. The van der Waals surface area contributed by atoms with E-state index in [-0.39, 0.29) is 11.9 Å². The fourth-order valence-corrected chi connectivity index (χ4v) is 2.68. The molecule has 0 aliphatic heterocycles. The van der Waals surface area contributed by atoms with Crippen LogP contribution in [0.4, 0.5) is 0 Å². The molecule has 0 bridgehead atoms. The number of alkyl halides is 1. The van der Waals surface area contributed by atoms with Crippen LogP contribution in [0.15, 0.2) is 18.2 Å². The molecule has 1 aromatic carbocycles. The molecular formula is C15H20ClNO. The van der Waals surface area contributed by atoms with E-state index in [0.717, 1.165) is 0 Å². The molecule has 0 radical (unpaired) electrons. The summed E-state index contributed by atoms with van der Waals surface area (Å²) in [5.74, 6) is 0.401. The lowest BCUT2D eigenvalue weighted by Gasteiger charge is -2.20. The summed E-state index contributed by atoms with van der Waals surface area (Å²) in [7, 11) is 0. The first kappa shape index (κ1) is 13.4. The first-order chi connectivity index (χ1) is 8.70. The molecule has 18 heavy (non-hydrogen) atoms. The smallest absolute Gasteiger partial charge is 0.221 e. The highest BCUT2D eigenvalue weighted by molar-refractivity contribution is 6.18. The van der Waals surface area contributed by atoms with Crippen molar-refractivity contribution in [2.45, 2.75) is 45.1 Å². The fourth-order valence-electron chi connectivity index (χ4n) is 2.51. The number of benzene rings is 1. The third-order valence-electron chi connectivity index (χ3n) is 3.57. The molecule has 1 aliphatic rings. The Bertz CT molecular complexity index is 431. The van der Waals surface area contributed by atoms with Gasteiger partial charge in [-0.1, -0.05) is 18.2 Å². The SMILES string of the molecule is CC(NC(=O)CCCl)c1ccc2c(c1)CCCC2. The minimum absolute atomic E-state index is 0.0234. The molecule has 0 fully saturated rings. The van der Waals surface area contributed by atoms with Crippen molar-refractivity contribution in [1.82, 2.24) is 5.32 Å². The van der Waals surface area contributed by atoms with Gasteiger partial charge in [0.05, 0.1) is 6.04 Å². The van der Waals surface area contributed by atoms with Crippen LogP contribution in [0.5, 0.6) is 0 Å². The van der Waals surface area contributed by atoms with E-state index in [1.165, 1.54) is 42.4 Å². The summed E-state index contributed by atoms with van der Waals surface area (Å²) >= 11 is 5.56. The van der Waals surface area contributed by atoms with E-state index < -0.39 is 0 Å². The monoisotopic (exact) mass is 265 g/mol. The van der Waals surface area contributed by atoms with Gasteiger partial charge in [-0.05, 0) is 49.3 Å². The van der Waals surface area contributed by atoms with Crippen LogP contribution >= 0.6 is 11.6 Å². The van der Waals surface area contributed by atoms with Crippen LogP contribution in [-0.4, -0.2) is 11.8 Å². The lowest BCUT2D eigenvalue weighted by atomic mass is 9.89. The number of hydrogen-bond acceptors (Lipinski definition) is 1. The minimum atomic E-state index is 0.0234.